The van der Waals surface area contributed by atoms with Crippen molar-refractivity contribution in [3.05, 3.63) is 33.9 Å². The molecule has 0 atom stereocenters. The van der Waals surface area contributed by atoms with Gasteiger partial charge in [-0.2, -0.15) is 0 Å². The molecule has 0 bridgehead atoms. The highest BCUT2D eigenvalue weighted by Crippen LogP contribution is 2.28. The number of unbranched alkanes of at least 4 members (excludes halogenated alkanes) is 1. The molecule has 94 valence electrons. The standard InChI is InChI=1S/C10H12F2N2O3/c11-7-3-4-8(14(16)17)10(9(7)12)13-5-1-2-6-15/h3-4,13,15H,1-2,5-6H2. The van der Waals surface area contributed by atoms with E-state index < -0.39 is 27.9 Å². The third-order valence-corrected chi connectivity index (χ3v) is 2.16. The normalized spacial score (nSPS) is 10.3. The van der Waals surface area contributed by atoms with E-state index in [1.54, 1.807) is 0 Å². The van der Waals surface area contributed by atoms with Crippen LogP contribution in [0.15, 0.2) is 12.1 Å². The van der Waals surface area contributed by atoms with Gasteiger partial charge < -0.3 is 10.4 Å². The lowest BCUT2D eigenvalue weighted by molar-refractivity contribution is -0.384. The van der Waals surface area contributed by atoms with E-state index in [-0.39, 0.29) is 13.2 Å². The summed E-state index contributed by atoms with van der Waals surface area (Å²) in [7, 11) is 0. The molecule has 0 radical (unpaired) electrons. The van der Waals surface area contributed by atoms with E-state index in [0.717, 1.165) is 6.07 Å². The molecule has 5 nitrogen and oxygen atoms in total. The van der Waals surface area contributed by atoms with Gasteiger partial charge in [-0.15, -0.1) is 0 Å². The van der Waals surface area contributed by atoms with Gasteiger partial charge in [-0.3, -0.25) is 10.1 Å². The van der Waals surface area contributed by atoms with Crippen molar-refractivity contribution in [1.82, 2.24) is 0 Å². The fourth-order valence-corrected chi connectivity index (χ4v) is 1.31. The Kier molecular flexibility index (Phi) is 4.77. The molecule has 1 rings (SSSR count). The van der Waals surface area contributed by atoms with Crippen molar-refractivity contribution in [2.24, 2.45) is 0 Å². The highest BCUT2D eigenvalue weighted by Gasteiger charge is 2.20. The van der Waals surface area contributed by atoms with E-state index in [9.17, 15) is 18.9 Å². The van der Waals surface area contributed by atoms with Gasteiger partial charge in [0.2, 0.25) is 0 Å². The lowest BCUT2D eigenvalue weighted by atomic mass is 10.2. The minimum absolute atomic E-state index is 0.0184. The summed E-state index contributed by atoms with van der Waals surface area (Å²) in [6, 6.07) is 1.62. The van der Waals surface area contributed by atoms with Crippen molar-refractivity contribution in [2.75, 3.05) is 18.5 Å². The molecule has 0 amide bonds. The van der Waals surface area contributed by atoms with Crippen molar-refractivity contribution >= 4 is 11.4 Å². The van der Waals surface area contributed by atoms with Gasteiger partial charge in [-0.05, 0) is 18.9 Å². The van der Waals surface area contributed by atoms with Gasteiger partial charge in [0.05, 0.1) is 4.92 Å². The molecule has 0 spiro atoms. The van der Waals surface area contributed by atoms with Crippen LogP contribution in [0.5, 0.6) is 0 Å². The van der Waals surface area contributed by atoms with Gasteiger partial charge in [-0.1, -0.05) is 0 Å². The zero-order valence-electron chi connectivity index (χ0n) is 8.95. The van der Waals surface area contributed by atoms with Crippen LogP contribution in [-0.2, 0) is 0 Å². The first-order valence-electron chi connectivity index (χ1n) is 5.05. The Hall–Kier alpha value is -1.76. The number of nitro benzene ring substituents is 1. The summed E-state index contributed by atoms with van der Waals surface area (Å²) in [6.45, 7) is 0.206. The molecular formula is C10H12F2N2O3. The van der Waals surface area contributed by atoms with Crippen molar-refractivity contribution in [1.29, 1.82) is 0 Å². The number of nitro groups is 1. The molecule has 2 N–H and O–H groups in total. The molecule has 0 fully saturated rings. The summed E-state index contributed by atoms with van der Waals surface area (Å²) in [4.78, 5) is 9.83. The van der Waals surface area contributed by atoms with Crippen LogP contribution in [0.25, 0.3) is 0 Å². The molecule has 0 saturated heterocycles. The number of nitrogens with one attached hydrogen (secondary N) is 1. The van der Waals surface area contributed by atoms with E-state index >= 15 is 0 Å². The van der Waals surface area contributed by atoms with Crippen LogP contribution in [-0.4, -0.2) is 23.2 Å². The van der Waals surface area contributed by atoms with Crippen molar-refractivity contribution in [3.8, 4) is 0 Å². The molecule has 0 unspecified atom stereocenters. The first-order chi connectivity index (χ1) is 8.07. The number of aliphatic hydroxyl groups is 1. The van der Waals surface area contributed by atoms with E-state index in [2.05, 4.69) is 5.32 Å². The monoisotopic (exact) mass is 246 g/mol. The Morgan fingerprint density at radius 1 is 1.35 bits per heavy atom. The Bertz CT molecular complexity index is 413. The van der Waals surface area contributed by atoms with Crippen LogP contribution < -0.4 is 5.32 Å². The Morgan fingerprint density at radius 2 is 2.06 bits per heavy atom. The Morgan fingerprint density at radius 3 is 2.65 bits per heavy atom. The van der Waals surface area contributed by atoms with E-state index in [4.69, 9.17) is 5.11 Å². The third kappa shape index (κ3) is 3.35. The molecule has 0 aliphatic rings. The van der Waals surface area contributed by atoms with Crippen LogP contribution in [0.4, 0.5) is 20.2 Å². The fraction of sp³-hybridized carbons (Fsp3) is 0.400. The van der Waals surface area contributed by atoms with Crippen LogP contribution >= 0.6 is 0 Å². The molecule has 0 saturated carbocycles. The predicted molar refractivity (Wildman–Crippen MR) is 57.8 cm³/mol. The lowest BCUT2D eigenvalue weighted by Crippen LogP contribution is -2.08. The third-order valence-electron chi connectivity index (χ3n) is 2.16. The number of nitrogens with zero attached hydrogens (tertiary/aromatic N) is 1. The smallest absolute Gasteiger partial charge is 0.295 e. The van der Waals surface area contributed by atoms with Crippen molar-refractivity contribution < 1.29 is 18.8 Å². The summed E-state index contributed by atoms with van der Waals surface area (Å²) in [5, 5.41) is 21.6. The first-order valence-corrected chi connectivity index (χ1v) is 5.05. The van der Waals surface area contributed by atoms with E-state index in [1.807, 2.05) is 0 Å². The lowest BCUT2D eigenvalue weighted by Gasteiger charge is -2.08. The number of halogens is 2. The van der Waals surface area contributed by atoms with Gasteiger partial charge in [0.25, 0.3) is 5.69 Å². The minimum Gasteiger partial charge on any atom is -0.396 e. The second kappa shape index (κ2) is 6.09. The molecule has 17 heavy (non-hydrogen) atoms. The molecule has 1 aromatic rings. The summed E-state index contributed by atoms with van der Waals surface area (Å²) in [5.41, 5.74) is -0.958. The second-order valence-corrected chi connectivity index (χ2v) is 3.37. The highest BCUT2D eigenvalue weighted by molar-refractivity contribution is 5.62. The second-order valence-electron chi connectivity index (χ2n) is 3.37. The highest BCUT2D eigenvalue weighted by atomic mass is 19.2. The van der Waals surface area contributed by atoms with Gasteiger partial charge in [0.1, 0.15) is 0 Å². The van der Waals surface area contributed by atoms with Crippen LogP contribution in [0.3, 0.4) is 0 Å². The molecular weight excluding hydrogens is 234 g/mol. The molecule has 1 aromatic carbocycles. The average molecular weight is 246 g/mol. The summed E-state index contributed by atoms with van der Waals surface area (Å²) < 4.78 is 26.3. The SMILES string of the molecule is O=[N+]([O-])c1ccc(F)c(F)c1NCCCCO. The fourth-order valence-electron chi connectivity index (χ4n) is 1.31. The van der Waals surface area contributed by atoms with Gasteiger partial charge >= 0.3 is 0 Å². The van der Waals surface area contributed by atoms with Crippen LogP contribution in [0.2, 0.25) is 0 Å². The summed E-state index contributed by atoms with van der Waals surface area (Å²) >= 11 is 0. The van der Waals surface area contributed by atoms with Crippen LogP contribution in [0, 0.1) is 21.7 Å². The molecule has 0 heterocycles. The van der Waals surface area contributed by atoms with Crippen LogP contribution in [0.1, 0.15) is 12.8 Å². The number of hydrogen-bond acceptors (Lipinski definition) is 4. The average Bonchev–Trinajstić information content (AvgIpc) is 2.29. The maximum absolute atomic E-state index is 13.3. The quantitative estimate of drug-likeness (QED) is 0.457. The maximum atomic E-state index is 13.3. The van der Waals surface area contributed by atoms with Crippen molar-refractivity contribution in [3.63, 3.8) is 0 Å². The minimum atomic E-state index is -1.26. The van der Waals surface area contributed by atoms with Crippen molar-refractivity contribution in [2.45, 2.75) is 12.8 Å². The van der Waals surface area contributed by atoms with E-state index in [0.29, 0.717) is 18.9 Å². The zero-order chi connectivity index (χ0) is 12.8. The Balaban J connectivity index is 2.86. The zero-order valence-corrected chi connectivity index (χ0v) is 8.95. The number of anilines is 1. The number of hydrogen-bond donors (Lipinski definition) is 2. The van der Waals surface area contributed by atoms with E-state index in [1.165, 1.54) is 0 Å². The topological polar surface area (TPSA) is 75.4 Å². The maximum Gasteiger partial charge on any atom is 0.295 e. The molecule has 0 aliphatic carbocycles. The largest absolute Gasteiger partial charge is 0.396 e. The molecule has 0 aliphatic heterocycles. The molecule has 7 heteroatoms. The van der Waals surface area contributed by atoms with Gasteiger partial charge in [0, 0.05) is 19.2 Å². The molecule has 0 aromatic heterocycles. The number of rotatable bonds is 6. The Labute approximate surface area is 96.2 Å². The first kappa shape index (κ1) is 13.3. The number of aliphatic hydroxyl groups excluding tert-OH is 1. The van der Waals surface area contributed by atoms with Gasteiger partial charge in [0.15, 0.2) is 17.3 Å². The predicted octanol–water partition coefficient (Wildman–Crippen LogP) is 2.06. The summed E-state index contributed by atoms with van der Waals surface area (Å²) in [6.07, 6.45) is 0.987. The summed E-state index contributed by atoms with van der Waals surface area (Å²) in [5.74, 6) is -2.40. The van der Waals surface area contributed by atoms with Gasteiger partial charge in [-0.25, -0.2) is 8.78 Å². The number of benzene rings is 1.